The molecule has 1 heterocycles. The Morgan fingerprint density at radius 1 is 1.00 bits per heavy atom. The van der Waals surface area contributed by atoms with Gasteiger partial charge in [0.15, 0.2) is 6.61 Å². The zero-order valence-corrected chi connectivity index (χ0v) is 23.1. The van der Waals surface area contributed by atoms with Crippen molar-refractivity contribution in [3.05, 3.63) is 104 Å². The molecule has 0 bridgehead atoms. The van der Waals surface area contributed by atoms with Crippen LogP contribution in [0.5, 0.6) is 11.5 Å². The fourth-order valence-corrected chi connectivity index (χ4v) is 4.29. The molecule has 0 aliphatic carbocycles. The molecule has 1 aromatic heterocycles. The van der Waals surface area contributed by atoms with Crippen LogP contribution in [0.25, 0.3) is 11.0 Å². The molecule has 38 heavy (non-hydrogen) atoms. The predicted octanol–water partition coefficient (Wildman–Crippen LogP) is 6.33. The minimum Gasteiger partial charge on any atom is -0.482 e. The first kappa shape index (κ1) is 27.1. The van der Waals surface area contributed by atoms with Crippen molar-refractivity contribution in [2.45, 2.75) is 39.2 Å². The molecule has 4 rings (SSSR count). The normalized spacial score (nSPS) is 12.1. The number of fused-ring (bicyclic) bond motifs is 1. The molecule has 1 amide bonds. The van der Waals surface area contributed by atoms with E-state index in [0.29, 0.717) is 11.1 Å². The summed E-state index contributed by atoms with van der Waals surface area (Å²) in [6.45, 7) is 7.71. The lowest BCUT2D eigenvalue weighted by atomic mass is 9.86. The van der Waals surface area contributed by atoms with Crippen LogP contribution in [0, 0.1) is 0 Å². The standard InChI is InChI=1S/C30H28BrNO6/c1-18(19-8-6-5-7-9-19)32-28(34)23-14-20-10-12-22(16-26(20)38-29(23)35)37-27(33)17-36-25-13-11-21(31)15-24(25)30(2,3)4/h5-16,18H,17H2,1-4H3,(H,32,34). The van der Waals surface area contributed by atoms with Gasteiger partial charge in [0.1, 0.15) is 22.6 Å². The van der Waals surface area contributed by atoms with Crippen LogP contribution in [0.2, 0.25) is 0 Å². The SMILES string of the molecule is CC(NC(=O)c1cc2ccc(OC(=O)COc3ccc(Br)cc3C(C)(C)C)cc2oc1=O)c1ccccc1. The number of benzene rings is 3. The van der Waals surface area contributed by atoms with Gasteiger partial charge in [-0.25, -0.2) is 9.59 Å². The van der Waals surface area contributed by atoms with Gasteiger partial charge in [-0.15, -0.1) is 0 Å². The maximum atomic E-state index is 12.7. The summed E-state index contributed by atoms with van der Waals surface area (Å²) >= 11 is 3.47. The van der Waals surface area contributed by atoms with Crippen molar-refractivity contribution < 1.29 is 23.5 Å². The molecule has 0 radical (unpaired) electrons. The number of carbonyl (C=O) groups excluding carboxylic acids is 2. The van der Waals surface area contributed by atoms with Crippen molar-refractivity contribution in [1.82, 2.24) is 5.32 Å². The summed E-state index contributed by atoms with van der Waals surface area (Å²) < 4.78 is 17.4. The molecule has 0 saturated heterocycles. The maximum absolute atomic E-state index is 12.7. The van der Waals surface area contributed by atoms with Gasteiger partial charge in [-0.05, 0) is 54.3 Å². The van der Waals surface area contributed by atoms with Crippen LogP contribution in [0.3, 0.4) is 0 Å². The van der Waals surface area contributed by atoms with E-state index < -0.39 is 17.5 Å². The van der Waals surface area contributed by atoms with Crippen LogP contribution in [0.15, 0.2) is 86.5 Å². The molecule has 196 valence electrons. The minimum atomic E-state index is -0.785. The van der Waals surface area contributed by atoms with E-state index in [1.165, 1.54) is 12.1 Å². The number of esters is 1. The van der Waals surface area contributed by atoms with Crippen LogP contribution in [0.4, 0.5) is 0 Å². The van der Waals surface area contributed by atoms with E-state index in [2.05, 4.69) is 42.0 Å². The van der Waals surface area contributed by atoms with Gasteiger partial charge in [0.25, 0.3) is 5.91 Å². The van der Waals surface area contributed by atoms with Gasteiger partial charge in [-0.2, -0.15) is 0 Å². The highest BCUT2D eigenvalue weighted by Crippen LogP contribution is 2.33. The number of nitrogens with one attached hydrogen (secondary N) is 1. The van der Waals surface area contributed by atoms with E-state index in [9.17, 15) is 14.4 Å². The highest BCUT2D eigenvalue weighted by atomic mass is 79.9. The van der Waals surface area contributed by atoms with Gasteiger partial charge in [0.2, 0.25) is 0 Å². The second-order valence-electron chi connectivity index (χ2n) is 9.91. The van der Waals surface area contributed by atoms with Crippen LogP contribution in [-0.4, -0.2) is 18.5 Å². The lowest BCUT2D eigenvalue weighted by molar-refractivity contribution is -0.136. The summed E-state index contributed by atoms with van der Waals surface area (Å²) in [6, 6.07) is 20.8. The van der Waals surface area contributed by atoms with Gasteiger partial charge < -0.3 is 19.2 Å². The third kappa shape index (κ3) is 6.50. The summed E-state index contributed by atoms with van der Waals surface area (Å²) in [5, 5.41) is 3.33. The smallest absolute Gasteiger partial charge is 0.349 e. The second kappa shape index (κ2) is 11.2. The molecule has 4 aromatic rings. The summed E-state index contributed by atoms with van der Waals surface area (Å²) in [5.74, 6) is -0.363. The average molecular weight is 578 g/mol. The molecule has 1 unspecified atom stereocenters. The van der Waals surface area contributed by atoms with E-state index in [-0.39, 0.29) is 35.0 Å². The van der Waals surface area contributed by atoms with Gasteiger partial charge in [0, 0.05) is 21.5 Å². The van der Waals surface area contributed by atoms with E-state index in [4.69, 9.17) is 13.9 Å². The number of amides is 1. The fourth-order valence-electron chi connectivity index (χ4n) is 3.92. The van der Waals surface area contributed by atoms with E-state index in [0.717, 1.165) is 15.6 Å². The second-order valence-corrected chi connectivity index (χ2v) is 10.8. The number of ether oxygens (including phenoxy) is 2. The Labute approximate surface area is 228 Å². The molecule has 3 aromatic carbocycles. The Morgan fingerprint density at radius 2 is 1.74 bits per heavy atom. The quantitative estimate of drug-likeness (QED) is 0.157. The molecule has 7 nitrogen and oxygen atoms in total. The predicted molar refractivity (Wildman–Crippen MR) is 149 cm³/mol. The third-order valence-electron chi connectivity index (χ3n) is 5.93. The Kier molecular flexibility index (Phi) is 8.02. The summed E-state index contributed by atoms with van der Waals surface area (Å²) in [5.41, 5.74) is 0.974. The first-order valence-corrected chi connectivity index (χ1v) is 12.9. The molecule has 0 aliphatic heterocycles. The van der Waals surface area contributed by atoms with Crippen molar-refractivity contribution in [2.24, 2.45) is 0 Å². The lowest BCUT2D eigenvalue weighted by Crippen LogP contribution is -2.30. The van der Waals surface area contributed by atoms with Crippen molar-refractivity contribution in [1.29, 1.82) is 0 Å². The first-order chi connectivity index (χ1) is 18.0. The number of hydrogen-bond donors (Lipinski definition) is 1. The molecule has 8 heteroatoms. The number of halogens is 1. The molecule has 0 aliphatic rings. The molecule has 0 saturated carbocycles. The van der Waals surface area contributed by atoms with Crippen molar-refractivity contribution in [3.63, 3.8) is 0 Å². The highest BCUT2D eigenvalue weighted by molar-refractivity contribution is 9.10. The number of carbonyl (C=O) groups is 2. The Morgan fingerprint density at radius 3 is 2.45 bits per heavy atom. The number of hydrogen-bond acceptors (Lipinski definition) is 6. The van der Waals surface area contributed by atoms with Crippen LogP contribution in [0.1, 0.15) is 55.2 Å². The molecule has 1 atom stereocenters. The monoisotopic (exact) mass is 577 g/mol. The van der Waals surface area contributed by atoms with Gasteiger partial charge in [0.05, 0.1) is 6.04 Å². The van der Waals surface area contributed by atoms with Crippen LogP contribution >= 0.6 is 15.9 Å². The van der Waals surface area contributed by atoms with Gasteiger partial charge >= 0.3 is 11.6 Å². The van der Waals surface area contributed by atoms with Crippen LogP contribution in [-0.2, 0) is 10.2 Å². The summed E-state index contributed by atoms with van der Waals surface area (Å²) in [6.07, 6.45) is 0. The molecule has 0 spiro atoms. The van der Waals surface area contributed by atoms with E-state index in [1.807, 2.05) is 49.4 Å². The van der Waals surface area contributed by atoms with Crippen molar-refractivity contribution in [2.75, 3.05) is 6.61 Å². The Hall–Kier alpha value is -3.91. The topological polar surface area (TPSA) is 94.8 Å². The molecule has 0 fully saturated rings. The zero-order valence-electron chi connectivity index (χ0n) is 21.5. The average Bonchev–Trinajstić information content (AvgIpc) is 2.87. The minimum absolute atomic E-state index is 0.109. The largest absolute Gasteiger partial charge is 0.482 e. The number of rotatable bonds is 7. The van der Waals surface area contributed by atoms with Crippen molar-refractivity contribution in [3.8, 4) is 11.5 Å². The third-order valence-corrected chi connectivity index (χ3v) is 6.42. The molecular formula is C30H28BrNO6. The molecular weight excluding hydrogens is 550 g/mol. The molecule has 1 N–H and O–H groups in total. The maximum Gasteiger partial charge on any atom is 0.349 e. The fraction of sp³-hybridized carbons (Fsp3) is 0.233. The highest BCUT2D eigenvalue weighted by Gasteiger charge is 2.21. The zero-order chi connectivity index (χ0) is 27.4. The lowest BCUT2D eigenvalue weighted by Gasteiger charge is -2.23. The van der Waals surface area contributed by atoms with E-state index >= 15 is 0 Å². The van der Waals surface area contributed by atoms with Gasteiger partial charge in [-0.1, -0.05) is 67.0 Å². The van der Waals surface area contributed by atoms with Crippen molar-refractivity contribution >= 4 is 38.8 Å². The first-order valence-electron chi connectivity index (χ1n) is 12.1. The van der Waals surface area contributed by atoms with Crippen LogP contribution < -0.4 is 20.4 Å². The summed E-state index contributed by atoms with van der Waals surface area (Å²) in [4.78, 5) is 37.8. The van der Waals surface area contributed by atoms with Gasteiger partial charge in [-0.3, -0.25) is 4.79 Å². The summed E-state index contributed by atoms with van der Waals surface area (Å²) in [7, 11) is 0. The van der Waals surface area contributed by atoms with E-state index in [1.54, 1.807) is 18.2 Å². The Balaban J connectivity index is 1.44. The Bertz CT molecular complexity index is 1540.